The SMILES string of the molecule is CCCCc1c(-c2ccccc2)[nH+]c(N)c(C#N)c1-c1ccccc1. The first-order chi connectivity index (χ1) is 12.3. The van der Waals surface area contributed by atoms with E-state index < -0.39 is 0 Å². The summed E-state index contributed by atoms with van der Waals surface area (Å²) in [5.74, 6) is 0.417. The minimum atomic E-state index is 0.417. The normalized spacial score (nSPS) is 10.4. The third-order valence-electron chi connectivity index (χ3n) is 4.40. The van der Waals surface area contributed by atoms with E-state index in [2.05, 4.69) is 30.1 Å². The number of nitrogens with two attached hydrogens (primary N) is 1. The molecular weight excluding hydrogens is 306 g/mol. The quantitative estimate of drug-likeness (QED) is 0.742. The highest BCUT2D eigenvalue weighted by atomic mass is 14.9. The molecule has 0 saturated heterocycles. The Kier molecular flexibility index (Phi) is 5.11. The highest BCUT2D eigenvalue weighted by molar-refractivity contribution is 5.82. The van der Waals surface area contributed by atoms with Crippen LogP contribution in [0.5, 0.6) is 0 Å². The van der Waals surface area contributed by atoms with Crippen molar-refractivity contribution in [1.29, 1.82) is 5.26 Å². The summed E-state index contributed by atoms with van der Waals surface area (Å²) >= 11 is 0. The van der Waals surface area contributed by atoms with Gasteiger partial charge in [-0.1, -0.05) is 74.0 Å². The fourth-order valence-corrected chi connectivity index (χ4v) is 3.18. The van der Waals surface area contributed by atoms with Gasteiger partial charge in [-0.15, -0.1) is 0 Å². The van der Waals surface area contributed by atoms with E-state index in [1.807, 2.05) is 48.5 Å². The molecule has 0 aliphatic carbocycles. The van der Waals surface area contributed by atoms with Gasteiger partial charge in [-0.3, -0.25) is 5.73 Å². The monoisotopic (exact) mass is 328 g/mol. The van der Waals surface area contributed by atoms with Gasteiger partial charge in [0.05, 0.1) is 0 Å². The van der Waals surface area contributed by atoms with Crippen LogP contribution in [0, 0.1) is 11.3 Å². The van der Waals surface area contributed by atoms with E-state index in [1.54, 1.807) is 0 Å². The Morgan fingerprint density at radius 3 is 2.12 bits per heavy atom. The maximum Gasteiger partial charge on any atom is 0.289 e. The molecular formula is C22H22N3+. The lowest BCUT2D eigenvalue weighted by Gasteiger charge is -2.15. The molecule has 0 aliphatic rings. The fourth-order valence-electron chi connectivity index (χ4n) is 3.18. The molecule has 3 nitrogen and oxygen atoms in total. The second kappa shape index (κ2) is 7.63. The summed E-state index contributed by atoms with van der Waals surface area (Å²) in [5.41, 5.74) is 12.0. The summed E-state index contributed by atoms with van der Waals surface area (Å²) in [4.78, 5) is 3.29. The number of pyridine rings is 1. The molecule has 0 bridgehead atoms. The van der Waals surface area contributed by atoms with E-state index in [0.717, 1.165) is 47.2 Å². The molecule has 1 heterocycles. The molecule has 0 aliphatic heterocycles. The van der Waals surface area contributed by atoms with Gasteiger partial charge in [-0.2, -0.15) is 5.26 Å². The Balaban J connectivity index is 2.34. The van der Waals surface area contributed by atoms with E-state index in [0.29, 0.717) is 11.4 Å². The average Bonchev–Trinajstić information content (AvgIpc) is 2.67. The van der Waals surface area contributed by atoms with Crippen molar-refractivity contribution in [3.63, 3.8) is 0 Å². The number of anilines is 1. The first kappa shape index (κ1) is 16.7. The summed E-state index contributed by atoms with van der Waals surface area (Å²) in [6.07, 6.45) is 3.05. The molecule has 0 atom stereocenters. The van der Waals surface area contributed by atoms with Crippen molar-refractivity contribution in [2.45, 2.75) is 26.2 Å². The topological polar surface area (TPSA) is 63.9 Å². The van der Waals surface area contributed by atoms with Crippen molar-refractivity contribution in [2.75, 3.05) is 5.73 Å². The van der Waals surface area contributed by atoms with Crippen LogP contribution in [0.3, 0.4) is 0 Å². The molecule has 0 spiro atoms. The Morgan fingerprint density at radius 2 is 1.56 bits per heavy atom. The van der Waals surface area contributed by atoms with Crippen LogP contribution in [-0.2, 0) is 6.42 Å². The number of nitrogens with zero attached hydrogens (tertiary/aromatic N) is 1. The number of nitriles is 1. The van der Waals surface area contributed by atoms with Gasteiger partial charge >= 0.3 is 0 Å². The Hall–Kier alpha value is -3.12. The predicted molar refractivity (Wildman–Crippen MR) is 102 cm³/mol. The van der Waals surface area contributed by atoms with Gasteiger partial charge in [0.1, 0.15) is 17.3 Å². The van der Waals surface area contributed by atoms with Gasteiger partial charge in [0.15, 0.2) is 0 Å². The molecule has 3 rings (SSSR count). The lowest BCUT2D eigenvalue weighted by Crippen LogP contribution is -2.20. The minimum Gasteiger partial charge on any atom is -0.286 e. The Bertz CT molecular complexity index is 894. The number of H-pyrrole nitrogens is 1. The number of hydrogen-bond acceptors (Lipinski definition) is 2. The van der Waals surface area contributed by atoms with E-state index in [4.69, 9.17) is 5.73 Å². The van der Waals surface area contributed by atoms with Crippen LogP contribution in [-0.4, -0.2) is 0 Å². The minimum absolute atomic E-state index is 0.417. The molecule has 1 aromatic heterocycles. The largest absolute Gasteiger partial charge is 0.289 e. The molecule has 0 saturated carbocycles. The number of nitrogen functional groups attached to an aromatic ring is 1. The highest BCUT2D eigenvalue weighted by Crippen LogP contribution is 2.35. The molecule has 0 unspecified atom stereocenters. The fraction of sp³-hybridized carbons (Fsp3) is 0.182. The van der Waals surface area contributed by atoms with Gasteiger partial charge in [0.25, 0.3) is 5.82 Å². The van der Waals surface area contributed by atoms with Crippen LogP contribution in [0.1, 0.15) is 30.9 Å². The lowest BCUT2D eigenvalue weighted by molar-refractivity contribution is -0.347. The van der Waals surface area contributed by atoms with Crippen LogP contribution >= 0.6 is 0 Å². The van der Waals surface area contributed by atoms with E-state index in [9.17, 15) is 5.26 Å². The number of hydrogen-bond donors (Lipinski definition) is 1. The average molecular weight is 328 g/mol. The maximum atomic E-state index is 9.72. The van der Waals surface area contributed by atoms with Crippen LogP contribution in [0.25, 0.3) is 22.4 Å². The third kappa shape index (κ3) is 3.39. The van der Waals surface area contributed by atoms with Crippen molar-refractivity contribution in [2.24, 2.45) is 0 Å². The summed E-state index contributed by atoms with van der Waals surface area (Å²) in [6.45, 7) is 2.18. The van der Waals surface area contributed by atoms with Crippen molar-refractivity contribution >= 4 is 5.82 Å². The number of nitrogens with one attached hydrogen (secondary N) is 1. The summed E-state index contributed by atoms with van der Waals surface area (Å²) in [5, 5.41) is 9.72. The van der Waals surface area contributed by atoms with Crippen molar-refractivity contribution in [1.82, 2.24) is 0 Å². The standard InChI is InChI=1S/C22H21N3/c1-2-3-14-18-20(16-10-6-4-7-11-16)19(15-23)22(24)25-21(18)17-12-8-5-9-13-17/h4-13H,2-3,14H2,1H3,(H2,24,25)/p+1. The summed E-state index contributed by atoms with van der Waals surface area (Å²) in [6, 6.07) is 22.5. The molecule has 3 aromatic rings. The number of benzene rings is 2. The second-order valence-electron chi connectivity index (χ2n) is 6.09. The summed E-state index contributed by atoms with van der Waals surface area (Å²) in [7, 11) is 0. The molecule has 25 heavy (non-hydrogen) atoms. The third-order valence-corrected chi connectivity index (χ3v) is 4.40. The van der Waals surface area contributed by atoms with Gasteiger partial charge in [0, 0.05) is 16.7 Å². The van der Waals surface area contributed by atoms with Gasteiger partial charge < -0.3 is 0 Å². The van der Waals surface area contributed by atoms with Crippen molar-refractivity contribution < 1.29 is 4.98 Å². The predicted octanol–water partition coefficient (Wildman–Crippen LogP) is 4.63. The number of rotatable bonds is 5. The zero-order valence-corrected chi connectivity index (χ0v) is 14.4. The van der Waals surface area contributed by atoms with Crippen LogP contribution in [0.15, 0.2) is 60.7 Å². The molecule has 124 valence electrons. The molecule has 0 radical (unpaired) electrons. The molecule has 3 heteroatoms. The zero-order valence-electron chi connectivity index (χ0n) is 14.4. The molecule has 0 fully saturated rings. The first-order valence-electron chi connectivity index (χ1n) is 8.64. The van der Waals surface area contributed by atoms with E-state index >= 15 is 0 Å². The Morgan fingerprint density at radius 1 is 0.960 bits per heavy atom. The van der Waals surface area contributed by atoms with Crippen molar-refractivity contribution in [3.05, 3.63) is 71.8 Å². The molecule has 2 aromatic carbocycles. The zero-order chi connectivity index (χ0) is 17.6. The van der Waals surface area contributed by atoms with Gasteiger partial charge in [-0.25, -0.2) is 4.98 Å². The van der Waals surface area contributed by atoms with Gasteiger partial charge in [0.2, 0.25) is 0 Å². The van der Waals surface area contributed by atoms with Gasteiger partial charge in [-0.05, 0) is 18.4 Å². The number of aromatic amines is 1. The van der Waals surface area contributed by atoms with Crippen molar-refractivity contribution in [3.8, 4) is 28.5 Å². The van der Waals surface area contributed by atoms with Crippen LogP contribution in [0.2, 0.25) is 0 Å². The number of unbranched alkanes of at least 4 members (excludes halogenated alkanes) is 1. The maximum absolute atomic E-state index is 9.72. The summed E-state index contributed by atoms with van der Waals surface area (Å²) < 4.78 is 0. The highest BCUT2D eigenvalue weighted by Gasteiger charge is 2.23. The molecule has 3 N–H and O–H groups in total. The van der Waals surface area contributed by atoms with Crippen LogP contribution < -0.4 is 10.7 Å². The molecule has 0 amide bonds. The smallest absolute Gasteiger partial charge is 0.286 e. The first-order valence-corrected chi connectivity index (χ1v) is 8.64. The Labute approximate surface area is 148 Å². The lowest BCUT2D eigenvalue weighted by atomic mass is 9.89. The second-order valence-corrected chi connectivity index (χ2v) is 6.09. The van der Waals surface area contributed by atoms with Crippen LogP contribution in [0.4, 0.5) is 5.82 Å². The van der Waals surface area contributed by atoms with E-state index in [1.165, 1.54) is 0 Å². The number of aromatic nitrogens is 1. The van der Waals surface area contributed by atoms with E-state index in [-0.39, 0.29) is 0 Å².